The maximum absolute atomic E-state index is 13.2. The van der Waals surface area contributed by atoms with Crippen molar-refractivity contribution in [3.8, 4) is 6.07 Å². The van der Waals surface area contributed by atoms with Crippen molar-refractivity contribution in [3.63, 3.8) is 0 Å². The molecular formula is C26H30N2O2. The van der Waals surface area contributed by atoms with Crippen LogP contribution in [0.4, 0.5) is 5.69 Å². The zero-order chi connectivity index (χ0) is 21.5. The highest BCUT2D eigenvalue weighted by atomic mass is 16.2. The van der Waals surface area contributed by atoms with E-state index < -0.39 is 0 Å². The quantitative estimate of drug-likeness (QED) is 0.672. The van der Waals surface area contributed by atoms with E-state index in [4.69, 9.17) is 5.26 Å². The minimum Gasteiger partial charge on any atom is -0.295 e. The fourth-order valence-corrected chi connectivity index (χ4v) is 5.99. The van der Waals surface area contributed by atoms with E-state index >= 15 is 0 Å². The second-order valence-electron chi connectivity index (χ2n) is 9.45. The molecule has 0 aromatic heterocycles. The summed E-state index contributed by atoms with van der Waals surface area (Å²) < 4.78 is 0. The zero-order valence-electron chi connectivity index (χ0n) is 18.1. The first kappa shape index (κ1) is 20.6. The van der Waals surface area contributed by atoms with Crippen LogP contribution < -0.4 is 4.90 Å². The summed E-state index contributed by atoms with van der Waals surface area (Å²) in [6.07, 6.45) is 8.16. The lowest BCUT2D eigenvalue weighted by Gasteiger charge is -2.51. The Hall–Kier alpha value is -2.67. The average molecular weight is 403 g/mol. The molecular weight excluding hydrogens is 372 g/mol. The van der Waals surface area contributed by atoms with Crippen LogP contribution in [0.25, 0.3) is 0 Å². The molecule has 0 unspecified atom stereocenters. The number of benzene rings is 1. The molecule has 156 valence electrons. The third kappa shape index (κ3) is 3.41. The molecule has 1 fully saturated rings. The van der Waals surface area contributed by atoms with Crippen molar-refractivity contribution in [2.75, 3.05) is 4.90 Å². The van der Waals surface area contributed by atoms with Crippen molar-refractivity contribution in [1.29, 1.82) is 5.26 Å². The molecule has 1 aromatic rings. The van der Waals surface area contributed by atoms with Gasteiger partial charge in [-0.15, -0.1) is 0 Å². The van der Waals surface area contributed by atoms with Gasteiger partial charge in [0.1, 0.15) is 0 Å². The van der Waals surface area contributed by atoms with Gasteiger partial charge in [0.05, 0.1) is 6.07 Å². The number of anilines is 1. The van der Waals surface area contributed by atoms with E-state index in [0.717, 1.165) is 36.1 Å². The summed E-state index contributed by atoms with van der Waals surface area (Å²) in [4.78, 5) is 28.1. The molecule has 0 saturated heterocycles. The number of rotatable bonds is 3. The van der Waals surface area contributed by atoms with E-state index in [1.54, 1.807) is 4.90 Å². The van der Waals surface area contributed by atoms with Gasteiger partial charge in [-0.25, -0.2) is 0 Å². The number of amides is 1. The Bertz CT molecular complexity index is 966. The number of allylic oxidation sites excluding steroid dienone is 3. The lowest BCUT2D eigenvalue weighted by Crippen LogP contribution is -2.48. The monoisotopic (exact) mass is 402 g/mol. The molecule has 4 rings (SSSR count). The predicted molar refractivity (Wildman–Crippen MR) is 117 cm³/mol. The van der Waals surface area contributed by atoms with Crippen LogP contribution in [0.5, 0.6) is 0 Å². The zero-order valence-corrected chi connectivity index (χ0v) is 18.1. The topological polar surface area (TPSA) is 61.2 Å². The molecule has 4 atom stereocenters. The predicted octanol–water partition coefficient (Wildman–Crippen LogP) is 5.49. The second kappa shape index (κ2) is 7.87. The molecule has 1 saturated carbocycles. The van der Waals surface area contributed by atoms with Gasteiger partial charge in [0.15, 0.2) is 5.78 Å². The minimum atomic E-state index is -0.308. The van der Waals surface area contributed by atoms with Gasteiger partial charge in [0.2, 0.25) is 5.91 Å². The Kier molecular flexibility index (Phi) is 5.40. The van der Waals surface area contributed by atoms with Gasteiger partial charge in [-0.1, -0.05) is 30.2 Å². The molecule has 1 amide bonds. The molecule has 0 bridgehead atoms. The molecule has 30 heavy (non-hydrogen) atoms. The van der Waals surface area contributed by atoms with E-state index in [0.29, 0.717) is 19.3 Å². The fraction of sp³-hybridized carbons (Fsp3) is 0.500. The summed E-state index contributed by atoms with van der Waals surface area (Å²) in [6, 6.07) is 10.3. The summed E-state index contributed by atoms with van der Waals surface area (Å²) in [7, 11) is 0. The number of hydrogen-bond acceptors (Lipinski definition) is 3. The van der Waals surface area contributed by atoms with Crippen LogP contribution in [0, 0.1) is 41.4 Å². The van der Waals surface area contributed by atoms with Gasteiger partial charge in [-0.3, -0.25) is 14.5 Å². The smallest absolute Gasteiger partial charge is 0.231 e. The summed E-state index contributed by atoms with van der Waals surface area (Å²) in [6.45, 7) is 6.27. The Morgan fingerprint density at radius 2 is 1.90 bits per heavy atom. The van der Waals surface area contributed by atoms with Gasteiger partial charge in [-0.2, -0.15) is 5.26 Å². The number of nitriles is 1. The number of fused-ring (bicyclic) bond motifs is 3. The molecule has 1 aromatic carbocycles. The highest BCUT2D eigenvalue weighted by molar-refractivity contribution is 5.97. The van der Waals surface area contributed by atoms with Gasteiger partial charge in [0.25, 0.3) is 0 Å². The van der Waals surface area contributed by atoms with Crippen molar-refractivity contribution >= 4 is 17.4 Å². The summed E-state index contributed by atoms with van der Waals surface area (Å²) in [5, 5.41) is 9.10. The lowest BCUT2D eigenvalue weighted by molar-refractivity contribution is -0.128. The van der Waals surface area contributed by atoms with Crippen molar-refractivity contribution in [3.05, 3.63) is 53.3 Å². The van der Waals surface area contributed by atoms with E-state index in [-0.39, 0.29) is 34.9 Å². The van der Waals surface area contributed by atoms with Gasteiger partial charge in [0, 0.05) is 36.1 Å². The summed E-state index contributed by atoms with van der Waals surface area (Å²) in [5.41, 5.74) is 4.09. The molecule has 3 aliphatic rings. The molecule has 4 nitrogen and oxygen atoms in total. The first-order valence-corrected chi connectivity index (χ1v) is 11.0. The molecule has 4 heteroatoms. The van der Waals surface area contributed by atoms with Crippen molar-refractivity contribution < 1.29 is 9.59 Å². The van der Waals surface area contributed by atoms with Crippen LogP contribution in [0.15, 0.2) is 47.7 Å². The number of aryl methyl sites for hydroxylation is 1. The van der Waals surface area contributed by atoms with E-state index in [1.165, 1.54) is 5.57 Å². The van der Waals surface area contributed by atoms with E-state index in [9.17, 15) is 9.59 Å². The van der Waals surface area contributed by atoms with Crippen LogP contribution in [0.2, 0.25) is 0 Å². The minimum absolute atomic E-state index is 0.0922. The van der Waals surface area contributed by atoms with Crippen molar-refractivity contribution in [2.45, 2.75) is 59.3 Å². The van der Waals surface area contributed by atoms with Gasteiger partial charge < -0.3 is 0 Å². The number of ketones is 1. The average Bonchev–Trinajstić information content (AvgIpc) is 2.84. The van der Waals surface area contributed by atoms with Crippen LogP contribution in [-0.4, -0.2) is 11.7 Å². The Morgan fingerprint density at radius 1 is 1.17 bits per heavy atom. The molecule has 0 spiro atoms. The van der Waals surface area contributed by atoms with Crippen LogP contribution in [-0.2, 0) is 9.59 Å². The Morgan fingerprint density at radius 3 is 2.60 bits per heavy atom. The fourth-order valence-electron chi connectivity index (χ4n) is 5.99. The molecule has 2 aliphatic carbocycles. The number of carbonyl (C=O) groups is 2. The second-order valence-corrected chi connectivity index (χ2v) is 9.45. The highest BCUT2D eigenvalue weighted by Crippen LogP contribution is 2.57. The third-order valence-electron chi connectivity index (χ3n) is 7.66. The largest absolute Gasteiger partial charge is 0.295 e. The summed E-state index contributed by atoms with van der Waals surface area (Å²) in [5.74, 6) is 0.747. The standard InChI is InChI=1S/C26H30N2O2/c1-17-6-9-20(10-7-17)28-16-19-8-11-22-21(5-4-14-27)18(2)15-23(29)25(22)26(19,3)13-12-24(28)30/h6-7,9-10,15-16,21-22,25H,4-5,8,11-13H2,1-3H3/t21-,22+,25-,26+/m1/s1. The Balaban J connectivity index is 1.73. The van der Waals surface area contributed by atoms with Crippen LogP contribution >= 0.6 is 0 Å². The first-order valence-electron chi connectivity index (χ1n) is 11.0. The summed E-state index contributed by atoms with van der Waals surface area (Å²) >= 11 is 0. The number of carbonyl (C=O) groups excluding carboxylic acids is 2. The normalized spacial score (nSPS) is 31.1. The maximum atomic E-state index is 13.2. The molecule has 1 heterocycles. The number of hydrogen-bond donors (Lipinski definition) is 0. The molecule has 0 radical (unpaired) electrons. The van der Waals surface area contributed by atoms with Gasteiger partial charge >= 0.3 is 0 Å². The van der Waals surface area contributed by atoms with Crippen molar-refractivity contribution in [2.24, 2.45) is 23.2 Å². The highest BCUT2D eigenvalue weighted by Gasteiger charge is 2.53. The van der Waals surface area contributed by atoms with Crippen LogP contribution in [0.1, 0.15) is 57.9 Å². The maximum Gasteiger partial charge on any atom is 0.231 e. The Labute approximate surface area is 179 Å². The van der Waals surface area contributed by atoms with Crippen molar-refractivity contribution in [1.82, 2.24) is 0 Å². The van der Waals surface area contributed by atoms with E-state index in [1.807, 2.05) is 50.4 Å². The SMILES string of the molecule is CC1=CC(=O)[C@H]2[C@@H](CCC3=CN(c4ccc(C)cc4)C(=O)CC[C@@]32C)[C@@H]1CCC#N. The lowest BCUT2D eigenvalue weighted by atomic mass is 9.52. The van der Waals surface area contributed by atoms with E-state index in [2.05, 4.69) is 13.0 Å². The van der Waals surface area contributed by atoms with Gasteiger partial charge in [-0.05, 0) is 75.1 Å². The first-order chi connectivity index (χ1) is 14.3. The molecule has 1 aliphatic heterocycles. The number of nitrogens with zero attached hydrogens (tertiary/aromatic N) is 2. The van der Waals surface area contributed by atoms with Crippen LogP contribution in [0.3, 0.4) is 0 Å². The third-order valence-corrected chi connectivity index (χ3v) is 7.66. The molecule has 0 N–H and O–H groups in total.